The second kappa shape index (κ2) is 7.91. The fourth-order valence-corrected chi connectivity index (χ4v) is 4.13. The van der Waals surface area contributed by atoms with Crippen LogP contribution >= 0.6 is 35.6 Å². The van der Waals surface area contributed by atoms with Gasteiger partial charge in [-0.05, 0) is 49.3 Å². The van der Waals surface area contributed by atoms with Crippen molar-refractivity contribution >= 4 is 53.1 Å². The second-order valence-electron chi connectivity index (χ2n) is 6.33. The van der Waals surface area contributed by atoms with E-state index in [1.54, 1.807) is 18.2 Å². The van der Waals surface area contributed by atoms with Crippen LogP contribution in [0.4, 0.5) is 5.69 Å². The molecule has 2 aliphatic carbocycles. The van der Waals surface area contributed by atoms with Crippen LogP contribution in [0.25, 0.3) is 0 Å². The molecule has 2 amide bonds. The van der Waals surface area contributed by atoms with Crippen LogP contribution in [0.2, 0.25) is 10.0 Å². The second-order valence-corrected chi connectivity index (χ2v) is 7.17. The average molecular weight is 393 g/mol. The first kappa shape index (κ1) is 19.3. The molecular weight excluding hydrogens is 373 g/mol. The molecule has 0 heterocycles. The lowest BCUT2D eigenvalue weighted by molar-refractivity contribution is -0.129. The number of carbonyl (C=O) groups excluding carboxylic acids is 2. The SMILES string of the molecule is Cl.NC1C2CCC(C2)C1C(=O)NCC(=O)Nc1cc(Cl)ccc1Cl. The summed E-state index contributed by atoms with van der Waals surface area (Å²) in [4.78, 5) is 24.3. The number of benzene rings is 1. The van der Waals surface area contributed by atoms with Crippen molar-refractivity contribution in [3.05, 3.63) is 28.2 Å². The predicted molar refractivity (Wildman–Crippen MR) is 97.6 cm³/mol. The molecule has 1 aromatic rings. The van der Waals surface area contributed by atoms with Gasteiger partial charge in [0.2, 0.25) is 11.8 Å². The zero-order valence-corrected chi connectivity index (χ0v) is 15.3. The number of anilines is 1. The van der Waals surface area contributed by atoms with Crippen LogP contribution in [0.5, 0.6) is 0 Å². The number of nitrogens with one attached hydrogen (secondary N) is 2. The normalized spacial score (nSPS) is 27.5. The van der Waals surface area contributed by atoms with E-state index in [2.05, 4.69) is 10.6 Å². The van der Waals surface area contributed by atoms with Gasteiger partial charge in [0.05, 0.1) is 23.2 Å². The summed E-state index contributed by atoms with van der Waals surface area (Å²) < 4.78 is 0. The summed E-state index contributed by atoms with van der Waals surface area (Å²) in [7, 11) is 0. The molecule has 0 aromatic heterocycles. The van der Waals surface area contributed by atoms with Gasteiger partial charge >= 0.3 is 0 Å². The lowest BCUT2D eigenvalue weighted by atomic mass is 9.84. The van der Waals surface area contributed by atoms with Crippen molar-refractivity contribution < 1.29 is 9.59 Å². The highest BCUT2D eigenvalue weighted by Crippen LogP contribution is 2.47. The van der Waals surface area contributed by atoms with Gasteiger partial charge < -0.3 is 16.4 Å². The zero-order valence-electron chi connectivity index (χ0n) is 12.9. The molecule has 0 spiro atoms. The highest BCUT2D eigenvalue weighted by atomic mass is 35.5. The number of fused-ring (bicyclic) bond motifs is 2. The number of hydrogen-bond acceptors (Lipinski definition) is 3. The third kappa shape index (κ3) is 3.97. The van der Waals surface area contributed by atoms with Crippen molar-refractivity contribution in [2.24, 2.45) is 23.5 Å². The third-order valence-corrected chi connectivity index (χ3v) is 5.47. The van der Waals surface area contributed by atoms with Gasteiger partial charge in [-0.15, -0.1) is 12.4 Å². The van der Waals surface area contributed by atoms with E-state index >= 15 is 0 Å². The average Bonchev–Trinajstić information content (AvgIpc) is 3.09. The number of carbonyl (C=O) groups is 2. The summed E-state index contributed by atoms with van der Waals surface area (Å²) in [6, 6.07) is 4.72. The summed E-state index contributed by atoms with van der Waals surface area (Å²) in [5, 5.41) is 6.19. The largest absolute Gasteiger partial charge is 0.347 e. The van der Waals surface area contributed by atoms with Gasteiger partial charge in [-0.3, -0.25) is 9.59 Å². The van der Waals surface area contributed by atoms with Crippen LogP contribution in [-0.4, -0.2) is 24.4 Å². The first-order chi connectivity index (χ1) is 11.0. The number of nitrogens with two attached hydrogens (primary N) is 1. The standard InChI is InChI=1S/C16H19Cl2N3O2.ClH/c17-10-3-4-11(18)12(6-10)21-13(22)7-20-16(23)14-8-1-2-9(5-8)15(14)19;/h3-4,6,8-9,14-15H,1-2,5,7,19H2,(H,20,23)(H,21,22);1H. The Labute approximate surface area is 157 Å². The third-order valence-electron chi connectivity index (χ3n) is 4.91. The molecule has 0 radical (unpaired) electrons. The molecule has 8 heteroatoms. The first-order valence-electron chi connectivity index (χ1n) is 7.74. The summed E-state index contributed by atoms with van der Waals surface area (Å²) in [6.07, 6.45) is 3.20. The molecule has 24 heavy (non-hydrogen) atoms. The lowest BCUT2D eigenvalue weighted by Crippen LogP contribution is -2.46. The van der Waals surface area contributed by atoms with Crippen molar-refractivity contribution in [1.82, 2.24) is 5.32 Å². The van der Waals surface area contributed by atoms with Crippen LogP contribution < -0.4 is 16.4 Å². The van der Waals surface area contributed by atoms with E-state index in [0.29, 0.717) is 27.6 Å². The smallest absolute Gasteiger partial charge is 0.243 e. The molecule has 132 valence electrons. The molecule has 2 bridgehead atoms. The van der Waals surface area contributed by atoms with Crippen LogP contribution in [0, 0.1) is 17.8 Å². The Morgan fingerprint density at radius 3 is 2.58 bits per heavy atom. The molecule has 4 N–H and O–H groups in total. The van der Waals surface area contributed by atoms with Gasteiger partial charge in [0.1, 0.15) is 0 Å². The summed E-state index contributed by atoms with van der Waals surface area (Å²) in [6.45, 7) is -0.109. The van der Waals surface area contributed by atoms with Crippen LogP contribution in [0.3, 0.4) is 0 Å². The molecule has 0 aliphatic heterocycles. The maximum absolute atomic E-state index is 12.3. The minimum atomic E-state index is -0.348. The van der Waals surface area contributed by atoms with Crippen LogP contribution in [0.1, 0.15) is 19.3 Å². The van der Waals surface area contributed by atoms with Crippen molar-refractivity contribution in [2.45, 2.75) is 25.3 Å². The molecule has 2 aliphatic rings. The monoisotopic (exact) mass is 391 g/mol. The molecular formula is C16H20Cl3N3O2. The van der Waals surface area contributed by atoms with Gasteiger partial charge in [-0.25, -0.2) is 0 Å². The van der Waals surface area contributed by atoms with E-state index in [4.69, 9.17) is 28.9 Å². The quantitative estimate of drug-likeness (QED) is 0.736. The van der Waals surface area contributed by atoms with Gasteiger partial charge in [0.25, 0.3) is 0 Å². The maximum atomic E-state index is 12.3. The van der Waals surface area contributed by atoms with Crippen molar-refractivity contribution in [3.63, 3.8) is 0 Å². The Morgan fingerprint density at radius 2 is 1.92 bits per heavy atom. The Balaban J connectivity index is 0.00000208. The van der Waals surface area contributed by atoms with Gasteiger partial charge in [0, 0.05) is 11.1 Å². The summed E-state index contributed by atoms with van der Waals surface area (Å²) >= 11 is 11.9. The van der Waals surface area contributed by atoms with Gasteiger partial charge in [0.15, 0.2) is 0 Å². The molecule has 5 nitrogen and oxygen atoms in total. The number of halogens is 3. The summed E-state index contributed by atoms with van der Waals surface area (Å²) in [5.74, 6) is 0.169. The molecule has 1 aromatic carbocycles. The molecule has 2 fully saturated rings. The highest BCUT2D eigenvalue weighted by molar-refractivity contribution is 6.35. The van der Waals surface area contributed by atoms with E-state index < -0.39 is 0 Å². The van der Waals surface area contributed by atoms with Gasteiger partial charge in [-0.1, -0.05) is 23.2 Å². The van der Waals surface area contributed by atoms with Crippen molar-refractivity contribution in [2.75, 3.05) is 11.9 Å². The van der Waals surface area contributed by atoms with Crippen molar-refractivity contribution in [3.8, 4) is 0 Å². The molecule has 3 rings (SSSR count). The fourth-order valence-electron chi connectivity index (χ4n) is 3.80. The zero-order chi connectivity index (χ0) is 16.6. The van der Waals surface area contributed by atoms with Gasteiger partial charge in [-0.2, -0.15) is 0 Å². The van der Waals surface area contributed by atoms with E-state index in [0.717, 1.165) is 19.3 Å². The fraction of sp³-hybridized carbons (Fsp3) is 0.500. The minimum Gasteiger partial charge on any atom is -0.347 e. The van der Waals surface area contributed by atoms with E-state index in [1.165, 1.54) is 0 Å². The lowest BCUT2D eigenvalue weighted by Gasteiger charge is -2.26. The van der Waals surface area contributed by atoms with E-state index in [9.17, 15) is 9.59 Å². The number of hydrogen-bond donors (Lipinski definition) is 3. The number of rotatable bonds is 4. The Kier molecular flexibility index (Phi) is 6.37. The van der Waals surface area contributed by atoms with E-state index in [-0.39, 0.29) is 42.7 Å². The Hall–Kier alpha value is -1.01. The van der Waals surface area contributed by atoms with Crippen LogP contribution in [-0.2, 0) is 9.59 Å². The minimum absolute atomic E-state index is 0. The summed E-state index contributed by atoms with van der Waals surface area (Å²) in [5.41, 5.74) is 6.56. The highest BCUT2D eigenvalue weighted by Gasteiger charge is 2.48. The molecule has 2 saturated carbocycles. The topological polar surface area (TPSA) is 84.2 Å². The molecule has 4 unspecified atom stereocenters. The van der Waals surface area contributed by atoms with E-state index in [1.807, 2.05) is 0 Å². The molecule has 4 atom stereocenters. The predicted octanol–water partition coefficient (Wildman–Crippen LogP) is 2.84. The Morgan fingerprint density at radius 1 is 1.21 bits per heavy atom. The van der Waals surface area contributed by atoms with Crippen molar-refractivity contribution in [1.29, 1.82) is 0 Å². The maximum Gasteiger partial charge on any atom is 0.243 e. The number of amides is 2. The van der Waals surface area contributed by atoms with Crippen LogP contribution in [0.15, 0.2) is 18.2 Å². The molecule has 0 saturated heterocycles. The first-order valence-corrected chi connectivity index (χ1v) is 8.49. The Bertz CT molecular complexity index is 639.